The van der Waals surface area contributed by atoms with Gasteiger partial charge in [0.15, 0.2) is 0 Å². The highest BCUT2D eigenvalue weighted by atomic mass is 19.4. The van der Waals surface area contributed by atoms with Gasteiger partial charge in [-0.15, -0.1) is 0 Å². The SMILES string of the molecule is O=COC(Cc1cccc(C(F)(F)F)c1)Cc1cc2ccccc2[nH]1. The van der Waals surface area contributed by atoms with Gasteiger partial charge in [-0.3, -0.25) is 4.79 Å². The van der Waals surface area contributed by atoms with Gasteiger partial charge in [-0.25, -0.2) is 0 Å². The van der Waals surface area contributed by atoms with Crippen LogP contribution in [0.3, 0.4) is 0 Å². The van der Waals surface area contributed by atoms with Gasteiger partial charge < -0.3 is 9.72 Å². The average Bonchev–Trinajstić information content (AvgIpc) is 2.96. The van der Waals surface area contributed by atoms with Gasteiger partial charge in [0.1, 0.15) is 6.10 Å². The van der Waals surface area contributed by atoms with Gasteiger partial charge in [0.05, 0.1) is 5.56 Å². The molecule has 0 saturated carbocycles. The largest absolute Gasteiger partial charge is 0.464 e. The van der Waals surface area contributed by atoms with E-state index in [2.05, 4.69) is 4.98 Å². The Labute approximate surface area is 142 Å². The van der Waals surface area contributed by atoms with E-state index < -0.39 is 17.8 Å². The Hall–Kier alpha value is -2.76. The number of benzene rings is 2. The third kappa shape index (κ3) is 4.21. The maximum Gasteiger partial charge on any atom is 0.416 e. The zero-order valence-corrected chi connectivity index (χ0v) is 13.2. The highest BCUT2D eigenvalue weighted by Crippen LogP contribution is 2.30. The van der Waals surface area contributed by atoms with Gasteiger partial charge in [0.2, 0.25) is 0 Å². The first kappa shape index (κ1) is 17.1. The second-order valence-corrected chi connectivity index (χ2v) is 5.84. The molecule has 0 radical (unpaired) electrons. The van der Waals surface area contributed by atoms with Crippen molar-refractivity contribution >= 4 is 17.4 Å². The van der Waals surface area contributed by atoms with Crippen molar-refractivity contribution in [2.75, 3.05) is 0 Å². The summed E-state index contributed by atoms with van der Waals surface area (Å²) in [4.78, 5) is 14.0. The Morgan fingerprint density at radius 2 is 1.84 bits per heavy atom. The van der Waals surface area contributed by atoms with Crippen molar-refractivity contribution < 1.29 is 22.7 Å². The minimum Gasteiger partial charge on any atom is -0.464 e. The fourth-order valence-corrected chi connectivity index (χ4v) is 2.87. The first-order valence-corrected chi connectivity index (χ1v) is 7.77. The lowest BCUT2D eigenvalue weighted by atomic mass is 10.0. The Bertz CT molecular complexity index is 837. The Balaban J connectivity index is 1.78. The Kier molecular flexibility index (Phi) is 4.79. The number of fused-ring (bicyclic) bond motifs is 1. The molecule has 3 rings (SSSR count). The number of halogens is 3. The predicted octanol–water partition coefficient (Wildman–Crippen LogP) is 4.51. The summed E-state index contributed by atoms with van der Waals surface area (Å²) in [5, 5.41) is 1.03. The second kappa shape index (κ2) is 7.01. The summed E-state index contributed by atoms with van der Waals surface area (Å²) < 4.78 is 43.6. The summed E-state index contributed by atoms with van der Waals surface area (Å²) in [5.41, 5.74) is 1.58. The first-order chi connectivity index (χ1) is 12.0. The molecule has 130 valence electrons. The molecule has 6 heteroatoms. The van der Waals surface area contributed by atoms with Crippen LogP contribution in [0.4, 0.5) is 13.2 Å². The van der Waals surface area contributed by atoms with Crippen molar-refractivity contribution in [3.8, 4) is 0 Å². The standard InChI is InChI=1S/C19H16F3NO2/c20-19(21,22)15-6-3-4-13(8-15)9-17(25-12-24)11-16-10-14-5-1-2-7-18(14)23-16/h1-8,10,12,17,23H,9,11H2. The predicted molar refractivity (Wildman–Crippen MR) is 88.1 cm³/mol. The number of H-pyrrole nitrogens is 1. The number of nitrogens with one attached hydrogen (secondary N) is 1. The van der Waals surface area contributed by atoms with Crippen molar-refractivity contribution in [1.82, 2.24) is 4.98 Å². The molecule has 1 unspecified atom stereocenters. The Morgan fingerprint density at radius 1 is 1.04 bits per heavy atom. The van der Waals surface area contributed by atoms with Gasteiger partial charge in [-0.05, 0) is 29.1 Å². The number of para-hydroxylation sites is 1. The van der Waals surface area contributed by atoms with Gasteiger partial charge in [0.25, 0.3) is 6.47 Å². The van der Waals surface area contributed by atoms with Gasteiger partial charge in [-0.1, -0.05) is 36.4 Å². The molecule has 0 fully saturated rings. The lowest BCUT2D eigenvalue weighted by molar-refractivity contribution is -0.138. The van der Waals surface area contributed by atoms with Crippen LogP contribution in [0.1, 0.15) is 16.8 Å². The van der Waals surface area contributed by atoms with Crippen LogP contribution in [0, 0.1) is 0 Å². The normalized spacial score (nSPS) is 12.9. The van der Waals surface area contributed by atoms with Crippen LogP contribution in [0.5, 0.6) is 0 Å². The van der Waals surface area contributed by atoms with Crippen LogP contribution in [-0.4, -0.2) is 17.6 Å². The third-order valence-electron chi connectivity index (χ3n) is 4.00. The van der Waals surface area contributed by atoms with Crippen LogP contribution in [-0.2, 0) is 28.5 Å². The molecule has 2 aromatic carbocycles. The molecule has 25 heavy (non-hydrogen) atoms. The number of hydrogen-bond donors (Lipinski definition) is 1. The summed E-state index contributed by atoms with van der Waals surface area (Å²) >= 11 is 0. The van der Waals surface area contributed by atoms with E-state index in [0.717, 1.165) is 28.7 Å². The minimum absolute atomic E-state index is 0.206. The molecule has 3 aromatic rings. The summed E-state index contributed by atoms with van der Waals surface area (Å²) in [6.07, 6.45) is -4.34. The van der Waals surface area contributed by atoms with Gasteiger partial charge in [-0.2, -0.15) is 13.2 Å². The summed E-state index contributed by atoms with van der Waals surface area (Å²) in [6.45, 7) is 0.334. The number of rotatable bonds is 6. The van der Waals surface area contributed by atoms with Crippen LogP contribution >= 0.6 is 0 Å². The number of alkyl halides is 3. The molecular weight excluding hydrogens is 331 g/mol. The van der Waals surface area contributed by atoms with Crippen LogP contribution in [0.25, 0.3) is 10.9 Å². The van der Waals surface area contributed by atoms with E-state index in [1.807, 2.05) is 30.3 Å². The molecule has 1 N–H and O–H groups in total. The molecule has 1 atom stereocenters. The van der Waals surface area contributed by atoms with E-state index >= 15 is 0 Å². The number of ether oxygens (including phenoxy) is 1. The molecule has 0 saturated heterocycles. The molecule has 0 aliphatic carbocycles. The molecule has 1 heterocycles. The highest BCUT2D eigenvalue weighted by molar-refractivity contribution is 5.80. The van der Waals surface area contributed by atoms with Crippen molar-refractivity contribution in [1.29, 1.82) is 0 Å². The summed E-state index contributed by atoms with van der Waals surface area (Å²) in [7, 11) is 0. The van der Waals surface area contributed by atoms with Crippen molar-refractivity contribution in [3.05, 3.63) is 71.4 Å². The number of carbonyl (C=O) groups excluding carboxylic acids is 1. The lowest BCUT2D eigenvalue weighted by Gasteiger charge is -2.15. The third-order valence-corrected chi connectivity index (χ3v) is 4.00. The summed E-state index contributed by atoms with van der Waals surface area (Å²) in [6, 6.07) is 14.7. The van der Waals surface area contributed by atoms with E-state index in [0.29, 0.717) is 18.5 Å². The van der Waals surface area contributed by atoms with Crippen molar-refractivity contribution in [2.45, 2.75) is 25.1 Å². The van der Waals surface area contributed by atoms with E-state index in [-0.39, 0.29) is 6.42 Å². The fourth-order valence-electron chi connectivity index (χ4n) is 2.87. The van der Waals surface area contributed by atoms with Crippen LogP contribution in [0.15, 0.2) is 54.6 Å². The fraction of sp³-hybridized carbons (Fsp3) is 0.211. The summed E-state index contributed by atoms with van der Waals surface area (Å²) in [5.74, 6) is 0. The first-order valence-electron chi connectivity index (χ1n) is 7.77. The Morgan fingerprint density at radius 3 is 2.56 bits per heavy atom. The zero-order valence-electron chi connectivity index (χ0n) is 13.2. The van der Waals surface area contributed by atoms with Crippen molar-refractivity contribution in [2.24, 2.45) is 0 Å². The number of carbonyl (C=O) groups is 1. The molecule has 1 aromatic heterocycles. The minimum atomic E-state index is -4.39. The second-order valence-electron chi connectivity index (χ2n) is 5.84. The molecule has 0 bridgehead atoms. The van der Waals surface area contributed by atoms with Gasteiger partial charge >= 0.3 is 6.18 Å². The topological polar surface area (TPSA) is 42.1 Å². The number of hydrogen-bond acceptors (Lipinski definition) is 2. The van der Waals surface area contributed by atoms with Crippen LogP contribution in [0.2, 0.25) is 0 Å². The van der Waals surface area contributed by atoms with Crippen LogP contribution < -0.4 is 0 Å². The molecule has 0 aliphatic rings. The molecule has 3 nitrogen and oxygen atoms in total. The average molecular weight is 347 g/mol. The molecule has 0 amide bonds. The number of aromatic amines is 1. The molecule has 0 aliphatic heterocycles. The zero-order chi connectivity index (χ0) is 17.9. The molecule has 0 spiro atoms. The van der Waals surface area contributed by atoms with Gasteiger partial charge in [0, 0.05) is 24.1 Å². The quantitative estimate of drug-likeness (QED) is 0.667. The van der Waals surface area contributed by atoms with E-state index in [1.54, 1.807) is 6.07 Å². The highest BCUT2D eigenvalue weighted by Gasteiger charge is 2.30. The van der Waals surface area contributed by atoms with Crippen molar-refractivity contribution in [3.63, 3.8) is 0 Å². The van der Waals surface area contributed by atoms with E-state index in [9.17, 15) is 18.0 Å². The van der Waals surface area contributed by atoms with E-state index in [1.165, 1.54) is 6.07 Å². The lowest BCUT2D eigenvalue weighted by Crippen LogP contribution is -2.19. The maximum absolute atomic E-state index is 12.8. The maximum atomic E-state index is 12.8. The molecular formula is C19H16F3NO2. The van der Waals surface area contributed by atoms with E-state index in [4.69, 9.17) is 4.74 Å². The number of aromatic nitrogens is 1. The monoisotopic (exact) mass is 347 g/mol. The smallest absolute Gasteiger partial charge is 0.416 e.